The van der Waals surface area contributed by atoms with Gasteiger partial charge in [0.05, 0.1) is 12.3 Å². The van der Waals surface area contributed by atoms with Gasteiger partial charge in [0.2, 0.25) is 0 Å². The van der Waals surface area contributed by atoms with Gasteiger partial charge in [0.25, 0.3) is 0 Å². The van der Waals surface area contributed by atoms with E-state index in [2.05, 4.69) is 24.0 Å². The van der Waals surface area contributed by atoms with E-state index in [1.54, 1.807) is 17.5 Å². The molecule has 0 spiro atoms. The smallest absolute Gasteiger partial charge is 0.0853 e. The van der Waals surface area contributed by atoms with Crippen LogP contribution in [-0.4, -0.2) is 10.1 Å². The summed E-state index contributed by atoms with van der Waals surface area (Å²) in [5.74, 6) is 0. The van der Waals surface area contributed by atoms with Gasteiger partial charge in [-0.05, 0) is 36.2 Å². The highest BCUT2D eigenvalue weighted by Crippen LogP contribution is 2.28. The monoisotopic (exact) mass is 219 g/mol. The van der Waals surface area contributed by atoms with Crippen molar-refractivity contribution in [2.45, 2.75) is 20.0 Å². The fourth-order valence-corrected chi connectivity index (χ4v) is 2.38. The predicted octanol–water partition coefficient (Wildman–Crippen LogP) is 2.86. The maximum Gasteiger partial charge on any atom is 0.0853 e. The number of aliphatic hydroxyl groups is 1. The van der Waals surface area contributed by atoms with Crippen molar-refractivity contribution in [3.63, 3.8) is 0 Å². The van der Waals surface area contributed by atoms with Gasteiger partial charge in [-0.25, -0.2) is 0 Å². The Labute approximate surface area is 93.2 Å². The molecule has 2 rings (SSSR count). The molecule has 0 unspecified atom stereocenters. The Kier molecular flexibility index (Phi) is 3.14. The third-order valence-electron chi connectivity index (χ3n) is 2.27. The third-order valence-corrected chi connectivity index (χ3v) is 3.55. The summed E-state index contributed by atoms with van der Waals surface area (Å²) >= 11 is 1.80. The van der Waals surface area contributed by atoms with E-state index in [0.29, 0.717) is 0 Å². The van der Waals surface area contributed by atoms with E-state index in [1.165, 1.54) is 9.75 Å². The lowest BCUT2D eigenvalue weighted by atomic mass is 10.2. The molecule has 2 nitrogen and oxygen atoms in total. The maximum atomic E-state index is 9.00. The van der Waals surface area contributed by atoms with E-state index < -0.39 is 0 Å². The molecule has 15 heavy (non-hydrogen) atoms. The van der Waals surface area contributed by atoms with E-state index in [9.17, 15) is 0 Å². The Morgan fingerprint density at radius 3 is 2.87 bits per heavy atom. The lowest BCUT2D eigenvalue weighted by Gasteiger charge is -1.99. The number of nitrogens with zero attached hydrogens (tertiary/aromatic N) is 1. The van der Waals surface area contributed by atoms with Crippen LogP contribution in [0.15, 0.2) is 30.5 Å². The lowest BCUT2D eigenvalue weighted by Crippen LogP contribution is -1.87. The number of aryl methyl sites for hydroxylation is 1. The molecule has 0 aliphatic heterocycles. The molecular formula is C12H13NOS. The standard InChI is InChI=1S/C12H13NOS/c1-2-11-3-4-12(15-11)9-5-6-13-10(7-9)8-14/h3-7,14H,2,8H2,1H3. The number of aromatic nitrogens is 1. The molecule has 3 heteroatoms. The van der Waals surface area contributed by atoms with E-state index in [0.717, 1.165) is 17.7 Å². The number of rotatable bonds is 3. The third kappa shape index (κ3) is 2.25. The molecule has 78 valence electrons. The highest BCUT2D eigenvalue weighted by atomic mass is 32.1. The van der Waals surface area contributed by atoms with Crippen molar-refractivity contribution in [3.8, 4) is 10.4 Å². The first-order valence-corrected chi connectivity index (χ1v) is 5.80. The van der Waals surface area contributed by atoms with E-state index in [1.807, 2.05) is 12.1 Å². The average Bonchev–Trinajstić information content (AvgIpc) is 2.78. The summed E-state index contributed by atoms with van der Waals surface area (Å²) in [5, 5.41) is 9.00. The Balaban J connectivity index is 2.35. The molecule has 0 bridgehead atoms. The second-order valence-corrected chi connectivity index (χ2v) is 4.48. The zero-order chi connectivity index (χ0) is 10.7. The molecule has 2 heterocycles. The SMILES string of the molecule is CCc1ccc(-c2ccnc(CO)c2)s1. The summed E-state index contributed by atoms with van der Waals surface area (Å²) in [5.41, 5.74) is 1.86. The van der Waals surface area contributed by atoms with Gasteiger partial charge in [-0.2, -0.15) is 0 Å². The van der Waals surface area contributed by atoms with E-state index in [4.69, 9.17) is 5.11 Å². The molecule has 2 aromatic heterocycles. The van der Waals surface area contributed by atoms with Gasteiger partial charge in [0.15, 0.2) is 0 Å². The topological polar surface area (TPSA) is 33.1 Å². The minimum Gasteiger partial charge on any atom is -0.390 e. The zero-order valence-corrected chi connectivity index (χ0v) is 9.42. The first-order chi connectivity index (χ1) is 7.33. The lowest BCUT2D eigenvalue weighted by molar-refractivity contribution is 0.277. The Morgan fingerprint density at radius 2 is 2.20 bits per heavy atom. The van der Waals surface area contributed by atoms with Crippen molar-refractivity contribution in [2.24, 2.45) is 0 Å². The minimum absolute atomic E-state index is 0.000149. The molecule has 0 radical (unpaired) electrons. The number of aliphatic hydroxyl groups excluding tert-OH is 1. The van der Waals surface area contributed by atoms with Crippen molar-refractivity contribution < 1.29 is 5.11 Å². The summed E-state index contributed by atoms with van der Waals surface area (Å²) in [4.78, 5) is 6.69. The van der Waals surface area contributed by atoms with Gasteiger partial charge >= 0.3 is 0 Å². The molecule has 0 atom stereocenters. The van der Waals surface area contributed by atoms with Gasteiger partial charge in [0.1, 0.15) is 0 Å². The Bertz CT molecular complexity index is 450. The van der Waals surface area contributed by atoms with Crippen molar-refractivity contribution in [1.82, 2.24) is 4.98 Å². The molecule has 0 aliphatic rings. The molecule has 0 saturated carbocycles. The summed E-state index contributed by atoms with van der Waals surface area (Å²) in [7, 11) is 0. The number of pyridine rings is 1. The fraction of sp³-hybridized carbons (Fsp3) is 0.250. The van der Waals surface area contributed by atoms with Crippen LogP contribution in [0.4, 0.5) is 0 Å². The van der Waals surface area contributed by atoms with Gasteiger partial charge in [-0.1, -0.05) is 6.92 Å². The van der Waals surface area contributed by atoms with Crippen LogP contribution in [0.3, 0.4) is 0 Å². The first-order valence-electron chi connectivity index (χ1n) is 4.98. The zero-order valence-electron chi connectivity index (χ0n) is 8.60. The Morgan fingerprint density at radius 1 is 1.33 bits per heavy atom. The van der Waals surface area contributed by atoms with Crippen LogP contribution in [0.5, 0.6) is 0 Å². The van der Waals surface area contributed by atoms with Crippen LogP contribution in [0, 0.1) is 0 Å². The molecule has 0 fully saturated rings. The van der Waals surface area contributed by atoms with Crippen LogP contribution < -0.4 is 0 Å². The first kappa shape index (κ1) is 10.3. The number of thiophene rings is 1. The van der Waals surface area contributed by atoms with Crippen molar-refractivity contribution in [3.05, 3.63) is 41.0 Å². The summed E-state index contributed by atoms with van der Waals surface area (Å²) in [6.45, 7) is 2.15. The van der Waals surface area contributed by atoms with Crippen LogP contribution >= 0.6 is 11.3 Å². The van der Waals surface area contributed by atoms with Gasteiger partial charge in [-0.3, -0.25) is 4.98 Å². The van der Waals surface area contributed by atoms with Crippen LogP contribution in [0.2, 0.25) is 0 Å². The van der Waals surface area contributed by atoms with Crippen molar-refractivity contribution >= 4 is 11.3 Å². The summed E-state index contributed by atoms with van der Waals surface area (Å²) < 4.78 is 0. The average molecular weight is 219 g/mol. The van der Waals surface area contributed by atoms with Gasteiger partial charge in [-0.15, -0.1) is 11.3 Å². The molecular weight excluding hydrogens is 206 g/mol. The van der Waals surface area contributed by atoms with Crippen LogP contribution in [-0.2, 0) is 13.0 Å². The molecule has 0 aliphatic carbocycles. The number of hydrogen-bond donors (Lipinski definition) is 1. The number of hydrogen-bond acceptors (Lipinski definition) is 3. The van der Waals surface area contributed by atoms with Gasteiger partial charge < -0.3 is 5.11 Å². The van der Waals surface area contributed by atoms with Gasteiger partial charge in [0, 0.05) is 16.0 Å². The molecule has 1 N–H and O–H groups in total. The maximum absolute atomic E-state index is 9.00. The molecule has 0 aromatic carbocycles. The van der Waals surface area contributed by atoms with E-state index in [-0.39, 0.29) is 6.61 Å². The van der Waals surface area contributed by atoms with Crippen molar-refractivity contribution in [1.29, 1.82) is 0 Å². The molecule has 2 aromatic rings. The molecule has 0 saturated heterocycles. The second kappa shape index (κ2) is 4.55. The quantitative estimate of drug-likeness (QED) is 0.861. The minimum atomic E-state index is -0.000149. The van der Waals surface area contributed by atoms with Crippen LogP contribution in [0.25, 0.3) is 10.4 Å². The fourth-order valence-electron chi connectivity index (χ4n) is 1.44. The van der Waals surface area contributed by atoms with E-state index >= 15 is 0 Å². The largest absolute Gasteiger partial charge is 0.390 e. The Hall–Kier alpha value is -1.19. The normalized spacial score (nSPS) is 10.5. The second-order valence-electron chi connectivity index (χ2n) is 3.31. The van der Waals surface area contributed by atoms with Crippen molar-refractivity contribution in [2.75, 3.05) is 0 Å². The highest BCUT2D eigenvalue weighted by molar-refractivity contribution is 7.15. The summed E-state index contributed by atoms with van der Waals surface area (Å²) in [6, 6.07) is 8.19. The predicted molar refractivity (Wildman–Crippen MR) is 62.9 cm³/mol. The van der Waals surface area contributed by atoms with Crippen LogP contribution in [0.1, 0.15) is 17.5 Å². The highest BCUT2D eigenvalue weighted by Gasteiger charge is 2.02. The summed E-state index contributed by atoms with van der Waals surface area (Å²) in [6.07, 6.45) is 2.81. The molecule has 0 amide bonds.